The Labute approximate surface area is 110 Å². The fourth-order valence-corrected chi connectivity index (χ4v) is 2.35. The molecular weight excluding hydrogens is 248 g/mol. The number of piperidine rings is 1. The maximum absolute atomic E-state index is 11.1. The molecule has 0 radical (unpaired) electrons. The third-order valence-electron chi connectivity index (χ3n) is 3.28. The third kappa shape index (κ3) is 2.63. The van der Waals surface area contributed by atoms with E-state index in [1.54, 1.807) is 4.90 Å². The number of hydrogen-bond acceptors (Lipinski definition) is 6. The second kappa shape index (κ2) is 5.63. The van der Waals surface area contributed by atoms with Crippen molar-refractivity contribution in [3.63, 3.8) is 0 Å². The molecule has 19 heavy (non-hydrogen) atoms. The third-order valence-corrected chi connectivity index (χ3v) is 3.28. The Hall–Kier alpha value is -2.20. The predicted octanol–water partition coefficient (Wildman–Crippen LogP) is 1.07. The lowest BCUT2D eigenvalue weighted by molar-refractivity contribution is -0.384. The normalized spacial score (nSPS) is 18.9. The molecule has 1 N–H and O–H groups in total. The number of aliphatic hydroxyl groups excluding tert-OH is 1. The number of nitrogens with zero attached hydrogens (tertiary/aromatic N) is 4. The Balaban J connectivity index is 2.39. The number of aliphatic hydroxyl groups is 1. The molecule has 7 nitrogen and oxygen atoms in total. The van der Waals surface area contributed by atoms with Crippen LogP contribution in [0.4, 0.5) is 11.5 Å². The fraction of sp³-hybridized carbons (Fsp3) is 0.500. The summed E-state index contributed by atoms with van der Waals surface area (Å²) in [6.45, 7) is 1.24. The molecule has 0 spiro atoms. The maximum Gasteiger partial charge on any atom is 0.329 e. The van der Waals surface area contributed by atoms with Crippen LogP contribution in [0.5, 0.6) is 0 Å². The van der Waals surface area contributed by atoms with Crippen LogP contribution < -0.4 is 4.90 Å². The Bertz CT molecular complexity index is 526. The van der Waals surface area contributed by atoms with Crippen LogP contribution in [0.2, 0.25) is 0 Å². The summed E-state index contributed by atoms with van der Waals surface area (Å²) >= 11 is 0. The zero-order valence-corrected chi connectivity index (χ0v) is 10.3. The fourth-order valence-electron chi connectivity index (χ4n) is 2.35. The van der Waals surface area contributed by atoms with Gasteiger partial charge in [-0.25, -0.2) is 4.98 Å². The minimum Gasteiger partial charge on any atom is -0.396 e. The summed E-state index contributed by atoms with van der Waals surface area (Å²) < 4.78 is 0. The quantitative estimate of drug-likeness (QED) is 0.645. The number of nitriles is 1. The van der Waals surface area contributed by atoms with Gasteiger partial charge in [0.2, 0.25) is 5.82 Å². The van der Waals surface area contributed by atoms with Crippen molar-refractivity contribution < 1.29 is 10.0 Å². The molecule has 2 rings (SSSR count). The first kappa shape index (κ1) is 13.2. The Morgan fingerprint density at radius 2 is 2.47 bits per heavy atom. The molecule has 1 aromatic rings. The van der Waals surface area contributed by atoms with Gasteiger partial charge in [0.1, 0.15) is 11.6 Å². The Morgan fingerprint density at radius 3 is 3.11 bits per heavy atom. The van der Waals surface area contributed by atoms with E-state index in [4.69, 9.17) is 5.26 Å². The second-order valence-corrected chi connectivity index (χ2v) is 4.54. The molecule has 0 amide bonds. The standard InChI is InChI=1S/C12H14N4O3/c13-6-10-3-4-14-12(11(10)16(18)19)15-5-1-2-9(7-15)8-17/h3-4,9,17H,1-2,5,7-8H2. The molecule has 1 aliphatic rings. The molecule has 0 aliphatic carbocycles. The highest BCUT2D eigenvalue weighted by atomic mass is 16.6. The average Bonchev–Trinajstić information content (AvgIpc) is 2.46. The van der Waals surface area contributed by atoms with Crippen molar-refractivity contribution in [2.75, 3.05) is 24.6 Å². The summed E-state index contributed by atoms with van der Waals surface area (Å²) in [5.74, 6) is 0.322. The van der Waals surface area contributed by atoms with Crippen LogP contribution in [0.3, 0.4) is 0 Å². The van der Waals surface area contributed by atoms with Crippen molar-refractivity contribution in [2.45, 2.75) is 12.8 Å². The highest BCUT2D eigenvalue weighted by molar-refractivity contribution is 5.65. The largest absolute Gasteiger partial charge is 0.396 e. The molecule has 1 fully saturated rings. The van der Waals surface area contributed by atoms with Gasteiger partial charge in [-0.1, -0.05) is 0 Å². The first-order valence-corrected chi connectivity index (χ1v) is 6.06. The van der Waals surface area contributed by atoms with E-state index in [0.29, 0.717) is 13.1 Å². The van der Waals surface area contributed by atoms with Gasteiger partial charge < -0.3 is 10.0 Å². The van der Waals surface area contributed by atoms with Crippen LogP contribution in [0.25, 0.3) is 0 Å². The van der Waals surface area contributed by atoms with E-state index in [2.05, 4.69) is 4.98 Å². The second-order valence-electron chi connectivity index (χ2n) is 4.54. The molecule has 1 aliphatic heterocycles. The van der Waals surface area contributed by atoms with Gasteiger partial charge in [0.25, 0.3) is 0 Å². The zero-order chi connectivity index (χ0) is 13.8. The van der Waals surface area contributed by atoms with Gasteiger partial charge in [0, 0.05) is 25.9 Å². The van der Waals surface area contributed by atoms with Crippen molar-refractivity contribution in [1.82, 2.24) is 4.98 Å². The van der Waals surface area contributed by atoms with Crippen molar-refractivity contribution in [1.29, 1.82) is 5.26 Å². The number of pyridine rings is 1. The summed E-state index contributed by atoms with van der Waals surface area (Å²) in [5.41, 5.74) is -0.232. The molecule has 1 saturated heterocycles. The van der Waals surface area contributed by atoms with Crippen molar-refractivity contribution >= 4 is 11.5 Å². The maximum atomic E-state index is 11.1. The number of hydrogen-bond donors (Lipinski definition) is 1. The van der Waals surface area contributed by atoms with E-state index >= 15 is 0 Å². The van der Waals surface area contributed by atoms with Crippen LogP contribution in [0.15, 0.2) is 12.3 Å². The monoisotopic (exact) mass is 262 g/mol. The van der Waals surface area contributed by atoms with E-state index in [9.17, 15) is 15.2 Å². The lowest BCUT2D eigenvalue weighted by atomic mass is 9.99. The minimum atomic E-state index is -0.566. The van der Waals surface area contributed by atoms with Crippen LogP contribution in [0.1, 0.15) is 18.4 Å². The van der Waals surface area contributed by atoms with Gasteiger partial charge in [-0.2, -0.15) is 5.26 Å². The highest BCUT2D eigenvalue weighted by Gasteiger charge is 2.28. The summed E-state index contributed by atoms with van der Waals surface area (Å²) in [4.78, 5) is 16.4. The Morgan fingerprint density at radius 1 is 1.68 bits per heavy atom. The predicted molar refractivity (Wildman–Crippen MR) is 67.6 cm³/mol. The first-order chi connectivity index (χ1) is 9.17. The van der Waals surface area contributed by atoms with Gasteiger partial charge in [-0.15, -0.1) is 0 Å². The molecule has 1 atom stereocenters. The van der Waals surface area contributed by atoms with Gasteiger partial charge in [0.05, 0.1) is 4.92 Å². The lowest BCUT2D eigenvalue weighted by Gasteiger charge is -2.32. The molecule has 1 aromatic heterocycles. The van der Waals surface area contributed by atoms with Gasteiger partial charge in [-0.05, 0) is 24.8 Å². The van der Waals surface area contributed by atoms with Crippen molar-refractivity contribution in [3.8, 4) is 6.07 Å². The molecule has 0 bridgehead atoms. The van der Waals surface area contributed by atoms with Crippen LogP contribution in [-0.4, -0.2) is 34.7 Å². The molecular formula is C12H14N4O3. The van der Waals surface area contributed by atoms with E-state index in [-0.39, 0.29) is 29.6 Å². The SMILES string of the molecule is N#Cc1ccnc(N2CCCC(CO)C2)c1[N+](=O)[O-]. The summed E-state index contributed by atoms with van der Waals surface area (Å²) in [7, 11) is 0. The minimum absolute atomic E-state index is 0.0149. The summed E-state index contributed by atoms with van der Waals surface area (Å²) in [6.07, 6.45) is 3.16. The molecule has 0 saturated carbocycles. The van der Waals surface area contributed by atoms with Crippen LogP contribution in [-0.2, 0) is 0 Å². The number of aromatic nitrogens is 1. The number of nitro groups is 1. The zero-order valence-electron chi connectivity index (χ0n) is 10.3. The van der Waals surface area contributed by atoms with Gasteiger partial charge >= 0.3 is 5.69 Å². The Kier molecular flexibility index (Phi) is 3.92. The molecule has 2 heterocycles. The van der Waals surface area contributed by atoms with Crippen LogP contribution in [0, 0.1) is 27.4 Å². The smallest absolute Gasteiger partial charge is 0.329 e. The van der Waals surface area contributed by atoms with E-state index in [1.165, 1.54) is 12.3 Å². The van der Waals surface area contributed by atoms with E-state index in [0.717, 1.165) is 12.8 Å². The van der Waals surface area contributed by atoms with Gasteiger partial charge in [-0.3, -0.25) is 10.1 Å². The first-order valence-electron chi connectivity index (χ1n) is 6.06. The highest BCUT2D eigenvalue weighted by Crippen LogP contribution is 2.31. The van der Waals surface area contributed by atoms with Crippen molar-refractivity contribution in [3.05, 3.63) is 27.9 Å². The van der Waals surface area contributed by atoms with Crippen molar-refractivity contribution in [2.24, 2.45) is 5.92 Å². The van der Waals surface area contributed by atoms with Gasteiger partial charge in [0.15, 0.2) is 0 Å². The topological polar surface area (TPSA) is 103 Å². The summed E-state index contributed by atoms with van der Waals surface area (Å²) in [6, 6.07) is 3.17. The van der Waals surface area contributed by atoms with Crippen LogP contribution >= 0.6 is 0 Å². The van der Waals surface area contributed by atoms with E-state index in [1.807, 2.05) is 6.07 Å². The molecule has 0 aromatic carbocycles. The number of anilines is 1. The average molecular weight is 262 g/mol. The lowest BCUT2D eigenvalue weighted by Crippen LogP contribution is -2.37. The molecule has 7 heteroatoms. The number of rotatable bonds is 3. The molecule has 1 unspecified atom stereocenters. The summed E-state index contributed by atoms with van der Waals surface area (Å²) in [5, 5.41) is 29.3. The molecule has 100 valence electrons. The van der Waals surface area contributed by atoms with E-state index < -0.39 is 4.92 Å².